The van der Waals surface area contributed by atoms with E-state index in [4.69, 9.17) is 5.73 Å². The number of likely N-dealkylation sites (N-methyl/N-ethyl adjacent to an activating group) is 1. The summed E-state index contributed by atoms with van der Waals surface area (Å²) >= 11 is 0. The van der Waals surface area contributed by atoms with Crippen molar-refractivity contribution in [3.63, 3.8) is 0 Å². The van der Waals surface area contributed by atoms with Crippen molar-refractivity contribution in [1.82, 2.24) is 4.90 Å². The number of nitrogens with two attached hydrogens (primary N) is 1. The Morgan fingerprint density at radius 1 is 1.40 bits per heavy atom. The number of benzene rings is 1. The molecule has 0 aliphatic carbocycles. The molecule has 0 saturated carbocycles. The third-order valence-corrected chi connectivity index (χ3v) is 2.32. The topological polar surface area (TPSA) is 29.3 Å². The molecule has 1 rings (SSSR count). The molecule has 0 aliphatic heterocycles. The summed E-state index contributed by atoms with van der Waals surface area (Å²) < 4.78 is 13.0. The lowest BCUT2D eigenvalue weighted by molar-refractivity contribution is 0.371. The number of aryl methyl sites for hydroxylation is 1. The molecule has 3 heteroatoms. The summed E-state index contributed by atoms with van der Waals surface area (Å²) in [6, 6.07) is 5.28. The summed E-state index contributed by atoms with van der Waals surface area (Å²) in [5.74, 6) is -0.153. The Balaban J connectivity index is 2.60. The monoisotopic (exact) mass is 210 g/mol. The first-order valence-corrected chi connectivity index (χ1v) is 5.14. The summed E-state index contributed by atoms with van der Waals surface area (Å²) in [5.41, 5.74) is 7.74. The first-order valence-electron chi connectivity index (χ1n) is 5.14. The van der Waals surface area contributed by atoms with Gasteiger partial charge in [0.2, 0.25) is 0 Å². The fourth-order valence-corrected chi connectivity index (χ4v) is 1.67. The van der Waals surface area contributed by atoms with Gasteiger partial charge >= 0.3 is 0 Å². The number of hydrogen-bond donors (Lipinski definition) is 1. The molecule has 0 aromatic heterocycles. The third kappa shape index (κ3) is 3.98. The second kappa shape index (κ2) is 5.24. The van der Waals surface area contributed by atoms with Gasteiger partial charge in [-0.15, -0.1) is 0 Å². The SMILES string of the molecule is Cc1cc(CC(N)CN(C)C)ccc1F. The lowest BCUT2D eigenvalue weighted by Crippen LogP contribution is -2.34. The van der Waals surface area contributed by atoms with E-state index < -0.39 is 0 Å². The first kappa shape index (κ1) is 12.1. The number of rotatable bonds is 4. The highest BCUT2D eigenvalue weighted by Crippen LogP contribution is 2.10. The van der Waals surface area contributed by atoms with E-state index in [1.54, 1.807) is 13.0 Å². The number of nitrogens with zero attached hydrogens (tertiary/aromatic N) is 1. The van der Waals surface area contributed by atoms with E-state index >= 15 is 0 Å². The number of halogens is 1. The van der Waals surface area contributed by atoms with Gasteiger partial charge < -0.3 is 10.6 Å². The van der Waals surface area contributed by atoms with Gasteiger partial charge in [0, 0.05) is 12.6 Å². The summed E-state index contributed by atoms with van der Waals surface area (Å²) in [4.78, 5) is 2.06. The smallest absolute Gasteiger partial charge is 0.126 e. The molecule has 84 valence electrons. The Labute approximate surface area is 90.9 Å². The Kier molecular flexibility index (Phi) is 4.24. The fourth-order valence-electron chi connectivity index (χ4n) is 1.67. The molecule has 2 N–H and O–H groups in total. The normalized spacial score (nSPS) is 13.2. The molecule has 0 fully saturated rings. The van der Waals surface area contributed by atoms with Gasteiger partial charge in [-0.1, -0.05) is 12.1 Å². The van der Waals surface area contributed by atoms with E-state index in [-0.39, 0.29) is 11.9 Å². The molecule has 0 heterocycles. The number of hydrogen-bond acceptors (Lipinski definition) is 2. The van der Waals surface area contributed by atoms with Gasteiger partial charge in [-0.25, -0.2) is 4.39 Å². The van der Waals surface area contributed by atoms with Crippen LogP contribution in [0, 0.1) is 12.7 Å². The van der Waals surface area contributed by atoms with Gasteiger partial charge in [0.25, 0.3) is 0 Å². The van der Waals surface area contributed by atoms with Crippen LogP contribution < -0.4 is 5.73 Å². The van der Waals surface area contributed by atoms with Gasteiger partial charge in [0.05, 0.1) is 0 Å². The van der Waals surface area contributed by atoms with Crippen LogP contribution in [0.3, 0.4) is 0 Å². The Morgan fingerprint density at radius 3 is 2.60 bits per heavy atom. The molecule has 15 heavy (non-hydrogen) atoms. The van der Waals surface area contributed by atoms with Crippen molar-refractivity contribution in [2.75, 3.05) is 20.6 Å². The first-order chi connectivity index (χ1) is 6.99. The molecule has 2 nitrogen and oxygen atoms in total. The van der Waals surface area contributed by atoms with E-state index in [1.807, 2.05) is 20.2 Å². The average Bonchev–Trinajstić information content (AvgIpc) is 2.10. The zero-order chi connectivity index (χ0) is 11.4. The van der Waals surface area contributed by atoms with Crippen LogP contribution in [0.1, 0.15) is 11.1 Å². The van der Waals surface area contributed by atoms with Gasteiger partial charge in [-0.05, 0) is 44.6 Å². The van der Waals surface area contributed by atoms with Crippen LogP contribution in [0.15, 0.2) is 18.2 Å². The van der Waals surface area contributed by atoms with E-state index in [0.29, 0.717) is 5.56 Å². The average molecular weight is 210 g/mol. The lowest BCUT2D eigenvalue weighted by atomic mass is 10.0. The molecule has 1 atom stereocenters. The highest BCUT2D eigenvalue weighted by atomic mass is 19.1. The highest BCUT2D eigenvalue weighted by molar-refractivity contribution is 5.24. The van der Waals surface area contributed by atoms with Crippen LogP contribution in [-0.4, -0.2) is 31.6 Å². The molecule has 0 spiro atoms. The molecular weight excluding hydrogens is 191 g/mol. The van der Waals surface area contributed by atoms with Crippen LogP contribution in [0.5, 0.6) is 0 Å². The second-order valence-electron chi connectivity index (χ2n) is 4.31. The minimum atomic E-state index is -0.153. The van der Waals surface area contributed by atoms with Crippen molar-refractivity contribution >= 4 is 0 Å². The van der Waals surface area contributed by atoms with Gasteiger partial charge in [0.15, 0.2) is 0 Å². The molecule has 0 radical (unpaired) electrons. The van der Waals surface area contributed by atoms with Crippen molar-refractivity contribution in [1.29, 1.82) is 0 Å². The van der Waals surface area contributed by atoms with E-state index in [2.05, 4.69) is 4.90 Å². The molecule has 0 bridgehead atoms. The summed E-state index contributed by atoms with van der Waals surface area (Å²) in [5, 5.41) is 0. The summed E-state index contributed by atoms with van der Waals surface area (Å²) in [6.45, 7) is 2.62. The van der Waals surface area contributed by atoms with Crippen molar-refractivity contribution in [2.24, 2.45) is 5.73 Å². The minimum absolute atomic E-state index is 0.102. The van der Waals surface area contributed by atoms with Crippen LogP contribution in [-0.2, 0) is 6.42 Å². The van der Waals surface area contributed by atoms with E-state index in [9.17, 15) is 4.39 Å². The van der Waals surface area contributed by atoms with Crippen LogP contribution >= 0.6 is 0 Å². The zero-order valence-corrected chi connectivity index (χ0v) is 9.63. The minimum Gasteiger partial charge on any atom is -0.326 e. The Morgan fingerprint density at radius 2 is 2.07 bits per heavy atom. The summed E-state index contributed by atoms with van der Waals surface area (Å²) in [6.07, 6.45) is 0.791. The fraction of sp³-hybridized carbons (Fsp3) is 0.500. The van der Waals surface area contributed by atoms with Crippen molar-refractivity contribution in [3.05, 3.63) is 35.1 Å². The molecule has 0 amide bonds. The van der Waals surface area contributed by atoms with E-state index in [0.717, 1.165) is 18.5 Å². The standard InChI is InChI=1S/C12H19FN2/c1-9-6-10(4-5-12(9)13)7-11(14)8-15(2)3/h4-6,11H,7-8,14H2,1-3H3. The molecule has 1 aromatic rings. The third-order valence-electron chi connectivity index (χ3n) is 2.32. The van der Waals surface area contributed by atoms with E-state index in [1.165, 1.54) is 6.07 Å². The Bertz CT molecular complexity index is 323. The van der Waals surface area contributed by atoms with Crippen molar-refractivity contribution < 1.29 is 4.39 Å². The molecule has 0 aliphatic rings. The van der Waals surface area contributed by atoms with Gasteiger partial charge in [0.1, 0.15) is 5.82 Å². The van der Waals surface area contributed by atoms with Crippen molar-refractivity contribution in [2.45, 2.75) is 19.4 Å². The molecular formula is C12H19FN2. The van der Waals surface area contributed by atoms with Gasteiger partial charge in [-0.3, -0.25) is 0 Å². The highest BCUT2D eigenvalue weighted by Gasteiger charge is 2.06. The van der Waals surface area contributed by atoms with Crippen LogP contribution in [0.4, 0.5) is 4.39 Å². The maximum absolute atomic E-state index is 13.0. The van der Waals surface area contributed by atoms with Crippen molar-refractivity contribution in [3.8, 4) is 0 Å². The summed E-state index contributed by atoms with van der Waals surface area (Å²) in [7, 11) is 3.99. The maximum Gasteiger partial charge on any atom is 0.126 e. The second-order valence-corrected chi connectivity index (χ2v) is 4.31. The molecule has 0 saturated heterocycles. The van der Waals surface area contributed by atoms with Gasteiger partial charge in [-0.2, -0.15) is 0 Å². The predicted molar refractivity (Wildman–Crippen MR) is 61.4 cm³/mol. The largest absolute Gasteiger partial charge is 0.326 e. The lowest BCUT2D eigenvalue weighted by Gasteiger charge is -2.17. The molecule has 1 unspecified atom stereocenters. The predicted octanol–water partition coefficient (Wildman–Crippen LogP) is 1.57. The Hall–Kier alpha value is -0.930. The zero-order valence-electron chi connectivity index (χ0n) is 9.63. The quantitative estimate of drug-likeness (QED) is 0.817. The van der Waals surface area contributed by atoms with Crippen LogP contribution in [0.25, 0.3) is 0 Å². The maximum atomic E-state index is 13.0. The van der Waals surface area contributed by atoms with Crippen LogP contribution in [0.2, 0.25) is 0 Å². The molecule has 1 aromatic carbocycles.